The maximum Gasteiger partial charge on any atom is 0.238 e. The van der Waals surface area contributed by atoms with Gasteiger partial charge in [-0.25, -0.2) is 8.42 Å². The van der Waals surface area contributed by atoms with Gasteiger partial charge < -0.3 is 9.80 Å². The summed E-state index contributed by atoms with van der Waals surface area (Å²) in [6.45, 7) is 5.24. The average Bonchev–Trinajstić information content (AvgIpc) is 2.54. The summed E-state index contributed by atoms with van der Waals surface area (Å²) in [5.74, 6) is -1.05. The molecule has 1 aromatic rings. The Labute approximate surface area is 147 Å². The highest BCUT2D eigenvalue weighted by Gasteiger charge is 2.28. The fourth-order valence-corrected chi connectivity index (χ4v) is 3.87. The van der Waals surface area contributed by atoms with E-state index in [-0.39, 0.29) is 16.7 Å². The molecule has 1 heterocycles. The lowest BCUT2D eigenvalue weighted by Gasteiger charge is -2.35. The summed E-state index contributed by atoms with van der Waals surface area (Å²) >= 11 is 5.75. The van der Waals surface area contributed by atoms with Crippen molar-refractivity contribution >= 4 is 33.3 Å². The van der Waals surface area contributed by atoms with Crippen LogP contribution in [0.1, 0.15) is 13.8 Å². The van der Waals surface area contributed by atoms with Crippen LogP contribution < -0.4 is 0 Å². The molecule has 1 saturated heterocycles. The summed E-state index contributed by atoms with van der Waals surface area (Å²) in [5, 5.41) is 0.436. The number of sulfone groups is 1. The third-order valence-electron chi connectivity index (χ3n) is 3.92. The number of hydrogen-bond acceptors (Lipinski definition) is 4. The van der Waals surface area contributed by atoms with Gasteiger partial charge in [-0.2, -0.15) is 0 Å². The van der Waals surface area contributed by atoms with Crippen molar-refractivity contribution in [2.75, 3.05) is 31.9 Å². The van der Waals surface area contributed by atoms with E-state index in [2.05, 4.69) is 0 Å². The van der Waals surface area contributed by atoms with E-state index in [1.165, 1.54) is 29.2 Å². The van der Waals surface area contributed by atoms with E-state index in [4.69, 9.17) is 11.6 Å². The van der Waals surface area contributed by atoms with Gasteiger partial charge in [0, 0.05) is 37.1 Å². The van der Waals surface area contributed by atoms with Crippen molar-refractivity contribution in [3.05, 3.63) is 29.3 Å². The predicted octanol–water partition coefficient (Wildman–Crippen LogP) is 1.44. The molecule has 1 aliphatic rings. The van der Waals surface area contributed by atoms with Gasteiger partial charge in [-0.15, -0.1) is 0 Å². The molecule has 132 valence electrons. The van der Waals surface area contributed by atoms with Gasteiger partial charge in [-0.1, -0.05) is 25.4 Å². The molecule has 1 fully saturated rings. The molecule has 0 aliphatic carbocycles. The Morgan fingerprint density at radius 2 is 1.54 bits per heavy atom. The molecule has 0 atom stereocenters. The van der Waals surface area contributed by atoms with E-state index in [1.807, 2.05) is 13.8 Å². The Kier molecular flexibility index (Phi) is 5.87. The van der Waals surface area contributed by atoms with Crippen molar-refractivity contribution in [2.45, 2.75) is 18.7 Å². The molecule has 6 nitrogen and oxygen atoms in total. The van der Waals surface area contributed by atoms with Crippen LogP contribution in [0.2, 0.25) is 5.02 Å². The molecule has 24 heavy (non-hydrogen) atoms. The fraction of sp³-hybridized carbons (Fsp3) is 0.500. The van der Waals surface area contributed by atoms with E-state index in [0.717, 1.165) is 0 Å². The van der Waals surface area contributed by atoms with Gasteiger partial charge in [0.1, 0.15) is 5.75 Å². The Balaban J connectivity index is 1.96. The number of rotatable bonds is 4. The Bertz CT molecular complexity index is 708. The maximum atomic E-state index is 12.3. The zero-order chi connectivity index (χ0) is 17.9. The lowest BCUT2D eigenvalue weighted by molar-refractivity contribution is -0.140. The summed E-state index contributed by atoms with van der Waals surface area (Å²) in [4.78, 5) is 27.5. The summed E-state index contributed by atoms with van der Waals surface area (Å²) in [5.41, 5.74) is 0. The van der Waals surface area contributed by atoms with Crippen molar-refractivity contribution in [3.8, 4) is 0 Å². The standard InChI is InChI=1S/C16H21ClN2O4S/c1-12(2)16(21)19-9-7-18(8-10-19)15(20)11-24(22,23)14-5-3-13(17)4-6-14/h3-6,12H,7-11H2,1-2H3. The number of carbonyl (C=O) groups excluding carboxylic acids is 2. The molecule has 0 N–H and O–H groups in total. The van der Waals surface area contributed by atoms with Gasteiger partial charge in [-0.05, 0) is 24.3 Å². The minimum Gasteiger partial charge on any atom is -0.339 e. The van der Waals surface area contributed by atoms with E-state index in [0.29, 0.717) is 31.2 Å². The quantitative estimate of drug-likeness (QED) is 0.801. The predicted molar refractivity (Wildman–Crippen MR) is 91.5 cm³/mol. The number of hydrogen-bond donors (Lipinski definition) is 0. The van der Waals surface area contributed by atoms with Crippen molar-refractivity contribution in [3.63, 3.8) is 0 Å². The highest BCUT2D eigenvalue weighted by atomic mass is 35.5. The van der Waals surface area contributed by atoms with Crippen molar-refractivity contribution in [2.24, 2.45) is 5.92 Å². The molecule has 0 spiro atoms. The monoisotopic (exact) mass is 372 g/mol. The Morgan fingerprint density at radius 3 is 2.04 bits per heavy atom. The van der Waals surface area contributed by atoms with E-state index >= 15 is 0 Å². The van der Waals surface area contributed by atoms with E-state index in [9.17, 15) is 18.0 Å². The van der Waals surface area contributed by atoms with Gasteiger partial charge in [0.05, 0.1) is 4.90 Å². The number of piperazine rings is 1. The molecule has 1 aliphatic heterocycles. The highest BCUT2D eigenvalue weighted by molar-refractivity contribution is 7.92. The van der Waals surface area contributed by atoms with Gasteiger partial charge in [0.15, 0.2) is 9.84 Å². The first-order chi connectivity index (χ1) is 11.2. The van der Waals surface area contributed by atoms with Crippen LogP contribution in [0.5, 0.6) is 0 Å². The number of benzene rings is 1. The van der Waals surface area contributed by atoms with Gasteiger partial charge in [-0.3, -0.25) is 9.59 Å². The number of carbonyl (C=O) groups is 2. The van der Waals surface area contributed by atoms with Gasteiger partial charge >= 0.3 is 0 Å². The second-order valence-corrected chi connectivity index (χ2v) is 8.50. The van der Waals surface area contributed by atoms with Crippen molar-refractivity contribution < 1.29 is 18.0 Å². The first kappa shape index (κ1) is 18.7. The molecule has 0 aromatic heterocycles. The molecule has 0 radical (unpaired) electrons. The van der Waals surface area contributed by atoms with Crippen LogP contribution in [0, 0.1) is 5.92 Å². The third-order valence-corrected chi connectivity index (χ3v) is 5.79. The normalized spacial score (nSPS) is 15.7. The molecule has 2 rings (SSSR count). The van der Waals surface area contributed by atoms with Crippen LogP contribution >= 0.6 is 11.6 Å². The van der Waals surface area contributed by atoms with Gasteiger partial charge in [0.2, 0.25) is 11.8 Å². The molecule has 0 unspecified atom stereocenters. The first-order valence-electron chi connectivity index (χ1n) is 7.75. The molecular formula is C16H21ClN2O4S. The number of amides is 2. The number of halogens is 1. The third kappa shape index (κ3) is 4.48. The number of nitrogens with zero attached hydrogens (tertiary/aromatic N) is 2. The van der Waals surface area contributed by atoms with Crippen molar-refractivity contribution in [1.82, 2.24) is 9.80 Å². The molecular weight excluding hydrogens is 352 g/mol. The second-order valence-electron chi connectivity index (χ2n) is 6.07. The Morgan fingerprint density at radius 1 is 1.04 bits per heavy atom. The summed E-state index contributed by atoms with van der Waals surface area (Å²) in [7, 11) is -3.70. The zero-order valence-corrected chi connectivity index (χ0v) is 15.3. The minimum atomic E-state index is -3.70. The fourth-order valence-electron chi connectivity index (χ4n) is 2.52. The summed E-state index contributed by atoms with van der Waals surface area (Å²) in [6.07, 6.45) is 0. The minimum absolute atomic E-state index is 0.0517. The molecule has 1 aromatic carbocycles. The Hall–Kier alpha value is -1.60. The maximum absolute atomic E-state index is 12.3. The van der Waals surface area contributed by atoms with E-state index < -0.39 is 21.5 Å². The highest BCUT2D eigenvalue weighted by Crippen LogP contribution is 2.16. The second kappa shape index (κ2) is 7.53. The van der Waals surface area contributed by atoms with E-state index in [1.54, 1.807) is 4.90 Å². The van der Waals surface area contributed by atoms with Gasteiger partial charge in [0.25, 0.3) is 0 Å². The smallest absolute Gasteiger partial charge is 0.238 e. The first-order valence-corrected chi connectivity index (χ1v) is 9.78. The average molecular weight is 373 g/mol. The lowest BCUT2D eigenvalue weighted by atomic mass is 10.1. The zero-order valence-electron chi connectivity index (χ0n) is 13.7. The lowest BCUT2D eigenvalue weighted by Crippen LogP contribution is -2.52. The largest absolute Gasteiger partial charge is 0.339 e. The molecule has 8 heteroatoms. The van der Waals surface area contributed by atoms with Crippen LogP contribution in [-0.4, -0.2) is 62.0 Å². The van der Waals surface area contributed by atoms with Crippen LogP contribution in [0.25, 0.3) is 0 Å². The van der Waals surface area contributed by atoms with Crippen molar-refractivity contribution in [1.29, 1.82) is 0 Å². The van der Waals surface area contributed by atoms with Crippen LogP contribution in [0.3, 0.4) is 0 Å². The van der Waals surface area contributed by atoms with Crippen LogP contribution in [-0.2, 0) is 19.4 Å². The molecule has 2 amide bonds. The van der Waals surface area contributed by atoms with Crippen LogP contribution in [0.15, 0.2) is 29.2 Å². The summed E-state index contributed by atoms with van der Waals surface area (Å²) in [6, 6.07) is 5.75. The summed E-state index contributed by atoms with van der Waals surface area (Å²) < 4.78 is 24.6. The topological polar surface area (TPSA) is 74.8 Å². The van der Waals surface area contributed by atoms with Crippen LogP contribution in [0.4, 0.5) is 0 Å². The molecule has 0 saturated carbocycles. The SMILES string of the molecule is CC(C)C(=O)N1CCN(C(=O)CS(=O)(=O)c2ccc(Cl)cc2)CC1. The molecule has 0 bridgehead atoms.